The first-order valence-electron chi connectivity index (χ1n) is 7.38. The first kappa shape index (κ1) is 14.1. The summed E-state index contributed by atoms with van der Waals surface area (Å²) in [6, 6.07) is 4.34. The number of nitrogens with zero attached hydrogens (tertiary/aromatic N) is 1. The molecule has 2 nitrogen and oxygen atoms in total. The standard InChI is InChI=1S/C15H23BrN2S/c1-10-8-11(6-7-18(10)2)17-13-4-3-5-14-12(13)9-15(16)19-14/h9-11,13,17H,3-8H2,1-2H3. The third kappa shape index (κ3) is 3.07. The molecule has 2 heterocycles. The molecule has 3 atom stereocenters. The van der Waals surface area contributed by atoms with Crippen molar-refractivity contribution in [2.75, 3.05) is 13.6 Å². The Hall–Kier alpha value is 0.1000. The van der Waals surface area contributed by atoms with E-state index in [1.54, 1.807) is 10.4 Å². The van der Waals surface area contributed by atoms with Crippen LogP contribution in [0.2, 0.25) is 0 Å². The summed E-state index contributed by atoms with van der Waals surface area (Å²) in [7, 11) is 2.25. The SMILES string of the molecule is CC1CC(NC2CCCc3sc(Br)cc32)CCN1C. The highest BCUT2D eigenvalue weighted by atomic mass is 79.9. The molecule has 1 aromatic rings. The Morgan fingerprint density at radius 2 is 2.26 bits per heavy atom. The summed E-state index contributed by atoms with van der Waals surface area (Å²) in [5.74, 6) is 0. The van der Waals surface area contributed by atoms with E-state index in [1.807, 2.05) is 11.3 Å². The average molecular weight is 343 g/mol. The molecule has 3 rings (SSSR count). The quantitative estimate of drug-likeness (QED) is 0.874. The van der Waals surface area contributed by atoms with Gasteiger partial charge in [-0.05, 0) is 80.2 Å². The first-order valence-corrected chi connectivity index (χ1v) is 8.99. The van der Waals surface area contributed by atoms with Crippen molar-refractivity contribution in [3.05, 3.63) is 20.3 Å². The number of piperidine rings is 1. The van der Waals surface area contributed by atoms with Gasteiger partial charge in [0.05, 0.1) is 3.79 Å². The van der Waals surface area contributed by atoms with Gasteiger partial charge in [0.25, 0.3) is 0 Å². The van der Waals surface area contributed by atoms with E-state index >= 15 is 0 Å². The Labute approximate surface area is 128 Å². The van der Waals surface area contributed by atoms with E-state index in [2.05, 4.69) is 46.2 Å². The van der Waals surface area contributed by atoms with Gasteiger partial charge in [-0.15, -0.1) is 11.3 Å². The largest absolute Gasteiger partial charge is 0.307 e. The Morgan fingerprint density at radius 1 is 1.42 bits per heavy atom. The molecule has 19 heavy (non-hydrogen) atoms. The molecule has 0 bridgehead atoms. The van der Waals surface area contributed by atoms with Gasteiger partial charge in [-0.3, -0.25) is 0 Å². The number of aryl methyl sites for hydroxylation is 1. The lowest BCUT2D eigenvalue weighted by Gasteiger charge is -2.38. The molecule has 0 spiro atoms. The van der Waals surface area contributed by atoms with Gasteiger partial charge in [-0.1, -0.05) is 0 Å². The van der Waals surface area contributed by atoms with E-state index in [4.69, 9.17) is 0 Å². The molecule has 2 aliphatic rings. The summed E-state index contributed by atoms with van der Waals surface area (Å²) >= 11 is 5.57. The van der Waals surface area contributed by atoms with E-state index in [0.717, 1.165) is 0 Å². The summed E-state index contributed by atoms with van der Waals surface area (Å²) < 4.78 is 1.29. The molecule has 0 aromatic carbocycles. The summed E-state index contributed by atoms with van der Waals surface area (Å²) in [4.78, 5) is 4.07. The van der Waals surface area contributed by atoms with Gasteiger partial charge < -0.3 is 10.2 Å². The highest BCUT2D eigenvalue weighted by Gasteiger charge is 2.28. The summed E-state index contributed by atoms with van der Waals surface area (Å²) in [6.45, 7) is 3.58. The van der Waals surface area contributed by atoms with E-state index in [-0.39, 0.29) is 0 Å². The maximum absolute atomic E-state index is 3.94. The van der Waals surface area contributed by atoms with Crippen LogP contribution in [0.3, 0.4) is 0 Å². The monoisotopic (exact) mass is 342 g/mol. The van der Waals surface area contributed by atoms with Crippen molar-refractivity contribution in [1.82, 2.24) is 10.2 Å². The van der Waals surface area contributed by atoms with Gasteiger partial charge in [0, 0.05) is 23.0 Å². The summed E-state index contributed by atoms with van der Waals surface area (Å²) in [5, 5.41) is 3.94. The highest BCUT2D eigenvalue weighted by Crippen LogP contribution is 2.38. The van der Waals surface area contributed by atoms with E-state index < -0.39 is 0 Å². The first-order chi connectivity index (χ1) is 9.13. The zero-order valence-corrected chi connectivity index (χ0v) is 14.2. The minimum absolute atomic E-state index is 0.590. The topological polar surface area (TPSA) is 15.3 Å². The van der Waals surface area contributed by atoms with Crippen LogP contribution in [-0.4, -0.2) is 30.6 Å². The molecule has 1 aromatic heterocycles. The van der Waals surface area contributed by atoms with Crippen LogP contribution < -0.4 is 5.32 Å². The zero-order chi connectivity index (χ0) is 13.4. The second-order valence-corrected chi connectivity index (χ2v) is 8.61. The molecule has 0 saturated carbocycles. The third-order valence-electron chi connectivity index (χ3n) is 4.73. The fourth-order valence-corrected chi connectivity index (χ4v) is 5.24. The third-order valence-corrected chi connectivity index (χ3v) is 6.44. The van der Waals surface area contributed by atoms with Crippen molar-refractivity contribution in [3.8, 4) is 0 Å². The Kier molecular flexibility index (Phi) is 4.32. The number of fused-ring (bicyclic) bond motifs is 1. The molecule has 106 valence electrons. The van der Waals surface area contributed by atoms with Crippen molar-refractivity contribution >= 4 is 27.3 Å². The van der Waals surface area contributed by atoms with Crippen LogP contribution in [0.1, 0.15) is 49.1 Å². The number of thiophene rings is 1. The molecule has 1 N–H and O–H groups in total. The highest BCUT2D eigenvalue weighted by molar-refractivity contribution is 9.11. The predicted octanol–water partition coefficient (Wildman–Crippen LogP) is 3.96. The van der Waals surface area contributed by atoms with Crippen molar-refractivity contribution in [1.29, 1.82) is 0 Å². The van der Waals surface area contributed by atoms with Gasteiger partial charge in [0.15, 0.2) is 0 Å². The molecular weight excluding hydrogens is 320 g/mol. The summed E-state index contributed by atoms with van der Waals surface area (Å²) in [5.41, 5.74) is 1.56. The number of nitrogens with one attached hydrogen (secondary N) is 1. The van der Waals surface area contributed by atoms with Crippen molar-refractivity contribution in [2.24, 2.45) is 0 Å². The van der Waals surface area contributed by atoms with Crippen LogP contribution in [0.15, 0.2) is 9.85 Å². The Balaban J connectivity index is 1.68. The molecule has 0 radical (unpaired) electrons. The number of halogens is 1. The van der Waals surface area contributed by atoms with Crippen molar-refractivity contribution in [3.63, 3.8) is 0 Å². The summed E-state index contributed by atoms with van der Waals surface area (Å²) in [6.07, 6.45) is 6.48. The van der Waals surface area contributed by atoms with Crippen LogP contribution in [0, 0.1) is 0 Å². The van der Waals surface area contributed by atoms with Gasteiger partial charge >= 0.3 is 0 Å². The number of hydrogen-bond donors (Lipinski definition) is 1. The minimum Gasteiger partial charge on any atom is -0.307 e. The molecule has 4 heteroatoms. The lowest BCUT2D eigenvalue weighted by Crippen LogP contribution is -2.46. The zero-order valence-electron chi connectivity index (χ0n) is 11.8. The number of hydrogen-bond acceptors (Lipinski definition) is 3. The lowest BCUT2D eigenvalue weighted by atomic mass is 9.91. The maximum atomic E-state index is 3.94. The molecule has 3 unspecified atom stereocenters. The molecule has 1 saturated heterocycles. The van der Waals surface area contributed by atoms with Crippen LogP contribution >= 0.6 is 27.3 Å². The number of likely N-dealkylation sites (tertiary alicyclic amines) is 1. The smallest absolute Gasteiger partial charge is 0.0704 e. The van der Waals surface area contributed by atoms with Gasteiger partial charge in [0.2, 0.25) is 0 Å². The predicted molar refractivity (Wildman–Crippen MR) is 85.9 cm³/mol. The van der Waals surface area contributed by atoms with E-state index in [0.29, 0.717) is 18.1 Å². The lowest BCUT2D eigenvalue weighted by molar-refractivity contribution is 0.160. The molecule has 0 amide bonds. The van der Waals surface area contributed by atoms with Crippen LogP contribution in [0.4, 0.5) is 0 Å². The van der Waals surface area contributed by atoms with Crippen LogP contribution in [0.25, 0.3) is 0 Å². The van der Waals surface area contributed by atoms with Crippen LogP contribution in [0.5, 0.6) is 0 Å². The Bertz CT molecular complexity index is 445. The molecule has 1 fully saturated rings. The van der Waals surface area contributed by atoms with Crippen molar-refractivity contribution < 1.29 is 0 Å². The average Bonchev–Trinajstić information content (AvgIpc) is 2.75. The normalized spacial score (nSPS) is 32.3. The van der Waals surface area contributed by atoms with Gasteiger partial charge in [-0.25, -0.2) is 0 Å². The fourth-order valence-electron chi connectivity index (χ4n) is 3.42. The fraction of sp³-hybridized carbons (Fsp3) is 0.733. The Morgan fingerprint density at radius 3 is 3.05 bits per heavy atom. The van der Waals surface area contributed by atoms with Crippen molar-refractivity contribution in [2.45, 2.75) is 57.2 Å². The maximum Gasteiger partial charge on any atom is 0.0704 e. The van der Waals surface area contributed by atoms with E-state index in [9.17, 15) is 0 Å². The van der Waals surface area contributed by atoms with Gasteiger partial charge in [-0.2, -0.15) is 0 Å². The second kappa shape index (κ2) is 5.84. The number of rotatable bonds is 2. The van der Waals surface area contributed by atoms with E-state index in [1.165, 1.54) is 42.4 Å². The molecule has 1 aliphatic heterocycles. The molecule has 1 aliphatic carbocycles. The minimum atomic E-state index is 0.590. The molecular formula is C15H23BrN2S. The van der Waals surface area contributed by atoms with Crippen LogP contribution in [-0.2, 0) is 6.42 Å². The van der Waals surface area contributed by atoms with Gasteiger partial charge in [0.1, 0.15) is 0 Å². The second-order valence-electron chi connectivity index (χ2n) is 6.09.